The van der Waals surface area contributed by atoms with Crippen molar-refractivity contribution in [3.63, 3.8) is 0 Å². The van der Waals surface area contributed by atoms with Gasteiger partial charge in [0.2, 0.25) is 0 Å². The van der Waals surface area contributed by atoms with Gasteiger partial charge in [0.05, 0.1) is 7.11 Å². The van der Waals surface area contributed by atoms with Crippen LogP contribution in [0.4, 0.5) is 0 Å². The Morgan fingerprint density at radius 1 is 1.00 bits per heavy atom. The fourth-order valence-electron chi connectivity index (χ4n) is 1.40. The van der Waals surface area contributed by atoms with Crippen LogP contribution in [0.5, 0.6) is 0 Å². The number of rotatable bonds is 10. The lowest BCUT2D eigenvalue weighted by Gasteiger charge is -1.96. The molecule has 96 valence electrons. The van der Waals surface area contributed by atoms with Crippen LogP contribution in [0.15, 0.2) is 24.3 Å². The van der Waals surface area contributed by atoms with Gasteiger partial charge in [-0.15, -0.1) is 0 Å². The van der Waals surface area contributed by atoms with E-state index in [1.165, 1.54) is 26.0 Å². The second-order valence-corrected chi connectivity index (χ2v) is 3.82. The number of ether oxygens (including phenoxy) is 1. The van der Waals surface area contributed by atoms with Crippen LogP contribution < -0.4 is 0 Å². The normalized spacial score (nSPS) is 11.1. The standard InChI is InChI=1S/C14H22O3/c1-17-14(16)12-10-8-6-4-2-3-5-7-9-11-13-15/h6,8,10,12-13H,2-5,7,9,11H2,1H3/b8-6+,12-10+. The van der Waals surface area contributed by atoms with Crippen molar-refractivity contribution in [3.05, 3.63) is 24.3 Å². The molecular weight excluding hydrogens is 216 g/mol. The fraction of sp³-hybridized carbons (Fsp3) is 0.571. The van der Waals surface area contributed by atoms with Gasteiger partial charge in [-0.05, 0) is 19.3 Å². The van der Waals surface area contributed by atoms with Crippen molar-refractivity contribution in [2.75, 3.05) is 7.11 Å². The van der Waals surface area contributed by atoms with Gasteiger partial charge in [-0.2, -0.15) is 0 Å². The molecular formula is C14H22O3. The van der Waals surface area contributed by atoms with Crippen molar-refractivity contribution in [2.45, 2.75) is 44.9 Å². The largest absolute Gasteiger partial charge is 0.466 e. The number of aldehydes is 1. The van der Waals surface area contributed by atoms with Crippen molar-refractivity contribution < 1.29 is 14.3 Å². The lowest BCUT2D eigenvalue weighted by Crippen LogP contribution is -1.92. The highest BCUT2D eigenvalue weighted by molar-refractivity contribution is 5.82. The first-order valence-electron chi connectivity index (χ1n) is 6.16. The first kappa shape index (κ1) is 15.6. The molecule has 0 heterocycles. The summed E-state index contributed by atoms with van der Waals surface area (Å²) in [7, 11) is 1.36. The van der Waals surface area contributed by atoms with Crippen molar-refractivity contribution in [1.29, 1.82) is 0 Å². The van der Waals surface area contributed by atoms with Crippen molar-refractivity contribution >= 4 is 12.3 Å². The maximum atomic E-state index is 10.7. The van der Waals surface area contributed by atoms with Gasteiger partial charge in [-0.3, -0.25) is 0 Å². The first-order chi connectivity index (χ1) is 8.31. The monoisotopic (exact) mass is 238 g/mol. The van der Waals surface area contributed by atoms with Gasteiger partial charge in [0.1, 0.15) is 6.29 Å². The van der Waals surface area contributed by atoms with Gasteiger partial charge in [-0.1, -0.05) is 37.5 Å². The van der Waals surface area contributed by atoms with Crippen LogP contribution in [0.1, 0.15) is 44.9 Å². The third-order valence-corrected chi connectivity index (χ3v) is 2.37. The van der Waals surface area contributed by atoms with Crippen LogP contribution in [0.3, 0.4) is 0 Å². The number of carbonyl (C=O) groups excluding carboxylic acids is 2. The van der Waals surface area contributed by atoms with E-state index in [-0.39, 0.29) is 5.97 Å². The Bertz CT molecular complexity index is 254. The predicted octanol–water partition coefficient (Wildman–Crippen LogP) is 3.20. The molecule has 0 aromatic rings. The van der Waals surface area contributed by atoms with Crippen LogP contribution >= 0.6 is 0 Å². The van der Waals surface area contributed by atoms with E-state index in [9.17, 15) is 9.59 Å². The van der Waals surface area contributed by atoms with Gasteiger partial charge in [0.25, 0.3) is 0 Å². The topological polar surface area (TPSA) is 43.4 Å². The smallest absolute Gasteiger partial charge is 0.330 e. The molecule has 0 saturated heterocycles. The molecule has 0 radical (unpaired) electrons. The average Bonchev–Trinajstić information content (AvgIpc) is 2.35. The molecule has 0 aliphatic heterocycles. The number of carbonyl (C=O) groups is 2. The minimum Gasteiger partial charge on any atom is -0.466 e. The zero-order valence-corrected chi connectivity index (χ0v) is 10.6. The summed E-state index contributed by atoms with van der Waals surface area (Å²) in [5.41, 5.74) is 0. The van der Waals surface area contributed by atoms with Gasteiger partial charge in [0.15, 0.2) is 0 Å². The summed E-state index contributed by atoms with van der Waals surface area (Å²) < 4.78 is 4.46. The highest BCUT2D eigenvalue weighted by atomic mass is 16.5. The summed E-state index contributed by atoms with van der Waals surface area (Å²) in [5, 5.41) is 0. The minimum absolute atomic E-state index is 0.329. The number of unbranched alkanes of at least 4 members (excludes halogenated alkanes) is 6. The molecule has 3 nitrogen and oxygen atoms in total. The SMILES string of the molecule is COC(=O)/C=C/C=C/CCCCCCCC=O. The van der Waals surface area contributed by atoms with Crippen molar-refractivity contribution in [3.8, 4) is 0 Å². The summed E-state index contributed by atoms with van der Waals surface area (Å²) in [6, 6.07) is 0. The molecule has 0 atom stereocenters. The molecule has 0 saturated carbocycles. The van der Waals surface area contributed by atoms with E-state index in [4.69, 9.17) is 0 Å². The van der Waals surface area contributed by atoms with Crippen LogP contribution in [-0.4, -0.2) is 19.4 Å². The van der Waals surface area contributed by atoms with E-state index in [0.29, 0.717) is 6.42 Å². The van der Waals surface area contributed by atoms with E-state index >= 15 is 0 Å². The van der Waals surface area contributed by atoms with Crippen molar-refractivity contribution in [2.24, 2.45) is 0 Å². The third-order valence-electron chi connectivity index (χ3n) is 2.37. The first-order valence-corrected chi connectivity index (χ1v) is 6.16. The zero-order valence-electron chi connectivity index (χ0n) is 10.6. The summed E-state index contributed by atoms with van der Waals surface area (Å²) in [6.45, 7) is 0. The zero-order chi connectivity index (χ0) is 12.8. The molecule has 0 aliphatic rings. The van der Waals surface area contributed by atoms with E-state index in [1.54, 1.807) is 6.08 Å². The molecule has 0 N–H and O–H groups in total. The fourth-order valence-corrected chi connectivity index (χ4v) is 1.40. The number of hydrogen-bond donors (Lipinski definition) is 0. The highest BCUT2D eigenvalue weighted by Gasteiger charge is 1.89. The minimum atomic E-state index is -0.329. The van der Waals surface area contributed by atoms with Crippen LogP contribution in [0.25, 0.3) is 0 Å². The summed E-state index contributed by atoms with van der Waals surface area (Å²) in [5.74, 6) is -0.329. The van der Waals surface area contributed by atoms with E-state index < -0.39 is 0 Å². The lowest BCUT2D eigenvalue weighted by atomic mass is 10.1. The molecule has 0 rings (SSSR count). The van der Waals surface area contributed by atoms with Crippen LogP contribution in [0, 0.1) is 0 Å². The van der Waals surface area contributed by atoms with Crippen molar-refractivity contribution in [1.82, 2.24) is 0 Å². The third kappa shape index (κ3) is 12.6. The summed E-state index contributed by atoms with van der Waals surface area (Å²) in [6.07, 6.45) is 15.4. The second-order valence-electron chi connectivity index (χ2n) is 3.82. The van der Waals surface area contributed by atoms with E-state index in [0.717, 1.165) is 32.0 Å². The Labute approximate surface area is 104 Å². The Morgan fingerprint density at radius 3 is 2.29 bits per heavy atom. The molecule has 17 heavy (non-hydrogen) atoms. The van der Waals surface area contributed by atoms with Crippen LogP contribution in [0.2, 0.25) is 0 Å². The molecule has 0 bridgehead atoms. The Balaban J connectivity index is 3.27. The molecule has 0 aromatic heterocycles. The molecule has 0 aromatic carbocycles. The number of allylic oxidation sites excluding steroid dienone is 3. The molecule has 0 aliphatic carbocycles. The number of esters is 1. The van der Waals surface area contributed by atoms with Gasteiger partial charge in [-0.25, -0.2) is 4.79 Å². The molecule has 0 spiro atoms. The molecule has 0 fully saturated rings. The van der Waals surface area contributed by atoms with E-state index in [2.05, 4.69) is 4.74 Å². The van der Waals surface area contributed by atoms with E-state index in [1.807, 2.05) is 12.2 Å². The summed E-state index contributed by atoms with van der Waals surface area (Å²) >= 11 is 0. The quantitative estimate of drug-likeness (QED) is 0.193. The maximum absolute atomic E-state index is 10.7. The lowest BCUT2D eigenvalue weighted by molar-refractivity contribution is -0.134. The number of hydrogen-bond acceptors (Lipinski definition) is 3. The van der Waals surface area contributed by atoms with Gasteiger partial charge >= 0.3 is 5.97 Å². The van der Waals surface area contributed by atoms with Gasteiger partial charge < -0.3 is 9.53 Å². The summed E-state index contributed by atoms with van der Waals surface area (Å²) in [4.78, 5) is 20.8. The Kier molecular flexibility index (Phi) is 11.7. The molecule has 0 amide bonds. The number of methoxy groups -OCH3 is 1. The maximum Gasteiger partial charge on any atom is 0.330 e. The highest BCUT2D eigenvalue weighted by Crippen LogP contribution is 2.06. The second kappa shape index (κ2) is 12.7. The Morgan fingerprint density at radius 2 is 1.65 bits per heavy atom. The molecule has 3 heteroatoms. The Hall–Kier alpha value is -1.38. The average molecular weight is 238 g/mol. The predicted molar refractivity (Wildman–Crippen MR) is 68.7 cm³/mol. The van der Waals surface area contributed by atoms with Gasteiger partial charge in [0, 0.05) is 12.5 Å². The molecule has 0 unspecified atom stereocenters. The van der Waals surface area contributed by atoms with Crippen LogP contribution in [-0.2, 0) is 14.3 Å².